The molecule has 0 radical (unpaired) electrons. The second kappa shape index (κ2) is 6.30. The third-order valence-corrected chi connectivity index (χ3v) is 4.18. The molecule has 0 unspecified atom stereocenters. The van der Waals surface area contributed by atoms with Gasteiger partial charge in [0.15, 0.2) is 0 Å². The number of rotatable bonds is 6. The number of carbonyl (C=O) groups is 1. The summed E-state index contributed by atoms with van der Waals surface area (Å²) >= 11 is 5.92. The van der Waals surface area contributed by atoms with Crippen LogP contribution in [0.15, 0.2) is 18.2 Å². The number of amides is 1. The van der Waals surface area contributed by atoms with E-state index < -0.39 is 10.5 Å². The molecular formula is C14H17ClN2O4. The summed E-state index contributed by atoms with van der Waals surface area (Å²) in [5.74, 6) is -0.0495. The van der Waals surface area contributed by atoms with E-state index in [0.29, 0.717) is 5.88 Å². The smallest absolute Gasteiger partial charge is 0.311 e. The number of ether oxygens (including phenoxy) is 1. The van der Waals surface area contributed by atoms with Crippen molar-refractivity contribution in [3.8, 4) is 5.75 Å². The maximum absolute atomic E-state index is 12.4. The number of carbonyl (C=O) groups excluding carboxylic acids is 1. The first kappa shape index (κ1) is 15.6. The standard InChI is InChI=1S/C14H17ClN2O4/c1-2-21-12-10(5-3-6-11(12)17(19)20)13(18)16-14(9-15)7-4-8-14/h3,5-6H,2,4,7-9H2,1H3,(H,16,18). The maximum atomic E-state index is 12.4. The van der Waals surface area contributed by atoms with Crippen LogP contribution in [0.25, 0.3) is 0 Å². The van der Waals surface area contributed by atoms with E-state index in [2.05, 4.69) is 5.32 Å². The Labute approximate surface area is 127 Å². The fourth-order valence-electron chi connectivity index (χ4n) is 2.35. The van der Waals surface area contributed by atoms with Crippen molar-refractivity contribution in [1.82, 2.24) is 5.32 Å². The molecule has 1 aliphatic carbocycles. The monoisotopic (exact) mass is 312 g/mol. The van der Waals surface area contributed by atoms with E-state index >= 15 is 0 Å². The number of nitro benzene ring substituents is 1. The number of benzene rings is 1. The molecule has 1 N–H and O–H groups in total. The quantitative estimate of drug-likeness (QED) is 0.497. The molecule has 1 aromatic carbocycles. The van der Waals surface area contributed by atoms with Crippen LogP contribution in [0.1, 0.15) is 36.5 Å². The van der Waals surface area contributed by atoms with Gasteiger partial charge in [0.05, 0.1) is 22.6 Å². The summed E-state index contributed by atoms with van der Waals surface area (Å²) in [7, 11) is 0. The highest BCUT2D eigenvalue weighted by Gasteiger charge is 2.38. The summed E-state index contributed by atoms with van der Waals surface area (Å²) in [6.45, 7) is 1.95. The summed E-state index contributed by atoms with van der Waals surface area (Å²) in [5.41, 5.74) is -0.437. The van der Waals surface area contributed by atoms with Crippen LogP contribution in [0.3, 0.4) is 0 Å². The number of hydrogen-bond donors (Lipinski definition) is 1. The molecule has 2 rings (SSSR count). The molecule has 6 nitrogen and oxygen atoms in total. The molecule has 0 aromatic heterocycles. The molecule has 0 bridgehead atoms. The molecule has 1 aromatic rings. The highest BCUT2D eigenvalue weighted by molar-refractivity contribution is 6.19. The fraction of sp³-hybridized carbons (Fsp3) is 0.500. The molecule has 0 heterocycles. The molecule has 1 fully saturated rings. The molecule has 114 valence electrons. The molecule has 0 atom stereocenters. The number of nitrogens with zero attached hydrogens (tertiary/aromatic N) is 1. The summed E-state index contributed by atoms with van der Waals surface area (Å²) in [6, 6.07) is 4.32. The zero-order valence-electron chi connectivity index (χ0n) is 11.7. The van der Waals surface area contributed by atoms with Crippen LogP contribution in [0, 0.1) is 10.1 Å². The zero-order valence-corrected chi connectivity index (χ0v) is 12.5. The minimum Gasteiger partial charge on any atom is -0.487 e. The van der Waals surface area contributed by atoms with Crippen LogP contribution >= 0.6 is 11.6 Å². The molecule has 7 heteroatoms. The van der Waals surface area contributed by atoms with Crippen molar-refractivity contribution in [2.24, 2.45) is 0 Å². The Balaban J connectivity index is 2.31. The van der Waals surface area contributed by atoms with Gasteiger partial charge in [-0.25, -0.2) is 0 Å². The number of para-hydroxylation sites is 1. The van der Waals surface area contributed by atoms with Gasteiger partial charge >= 0.3 is 5.69 Å². The number of alkyl halides is 1. The van der Waals surface area contributed by atoms with Crippen LogP contribution < -0.4 is 10.1 Å². The van der Waals surface area contributed by atoms with Crippen molar-refractivity contribution < 1.29 is 14.5 Å². The van der Waals surface area contributed by atoms with Crippen LogP contribution in [0.2, 0.25) is 0 Å². The average molecular weight is 313 g/mol. The van der Waals surface area contributed by atoms with Gasteiger partial charge in [0.2, 0.25) is 5.75 Å². The number of halogens is 1. The normalized spacial score (nSPS) is 15.9. The molecule has 1 aliphatic rings. The maximum Gasteiger partial charge on any atom is 0.311 e. The Morgan fingerprint density at radius 3 is 2.71 bits per heavy atom. The Bertz CT molecular complexity index is 552. The lowest BCUT2D eigenvalue weighted by Crippen LogP contribution is -2.55. The lowest BCUT2D eigenvalue weighted by Gasteiger charge is -2.41. The Kier molecular flexibility index (Phi) is 4.67. The van der Waals surface area contributed by atoms with Gasteiger partial charge in [-0.05, 0) is 32.3 Å². The van der Waals surface area contributed by atoms with E-state index in [9.17, 15) is 14.9 Å². The van der Waals surface area contributed by atoms with Crippen molar-refractivity contribution in [2.45, 2.75) is 31.7 Å². The second-order valence-corrected chi connectivity index (χ2v) is 5.33. The highest BCUT2D eigenvalue weighted by Crippen LogP contribution is 2.35. The Hall–Kier alpha value is -1.82. The van der Waals surface area contributed by atoms with Gasteiger partial charge in [0.1, 0.15) is 0 Å². The van der Waals surface area contributed by atoms with E-state index in [4.69, 9.17) is 16.3 Å². The van der Waals surface area contributed by atoms with Crippen LogP contribution in [0.4, 0.5) is 5.69 Å². The molecule has 0 saturated heterocycles. The third kappa shape index (κ3) is 3.10. The molecule has 1 amide bonds. The van der Waals surface area contributed by atoms with Gasteiger partial charge in [-0.15, -0.1) is 11.6 Å². The first-order valence-electron chi connectivity index (χ1n) is 6.81. The fourth-order valence-corrected chi connectivity index (χ4v) is 2.68. The average Bonchev–Trinajstić information content (AvgIpc) is 2.43. The minimum atomic E-state index is -0.553. The summed E-state index contributed by atoms with van der Waals surface area (Å²) < 4.78 is 5.31. The van der Waals surface area contributed by atoms with Crippen molar-refractivity contribution in [1.29, 1.82) is 0 Å². The topological polar surface area (TPSA) is 81.5 Å². The van der Waals surface area contributed by atoms with Gasteiger partial charge in [0.25, 0.3) is 5.91 Å². The Morgan fingerprint density at radius 2 is 2.24 bits per heavy atom. The minimum absolute atomic E-state index is 0.00606. The summed E-state index contributed by atoms with van der Waals surface area (Å²) in [4.78, 5) is 22.9. The van der Waals surface area contributed by atoms with Gasteiger partial charge in [-0.1, -0.05) is 6.07 Å². The summed E-state index contributed by atoms with van der Waals surface area (Å²) in [6.07, 6.45) is 2.66. The SMILES string of the molecule is CCOc1c(C(=O)NC2(CCl)CCC2)cccc1[N+](=O)[O-]. The van der Waals surface area contributed by atoms with E-state index in [1.54, 1.807) is 6.92 Å². The highest BCUT2D eigenvalue weighted by atomic mass is 35.5. The zero-order chi connectivity index (χ0) is 15.5. The van der Waals surface area contributed by atoms with Crippen LogP contribution in [0.5, 0.6) is 5.75 Å². The lowest BCUT2D eigenvalue weighted by molar-refractivity contribution is -0.385. The van der Waals surface area contributed by atoms with E-state index in [-0.39, 0.29) is 29.5 Å². The first-order chi connectivity index (χ1) is 10.0. The number of nitrogens with one attached hydrogen (secondary N) is 1. The molecule has 1 saturated carbocycles. The largest absolute Gasteiger partial charge is 0.487 e. The van der Waals surface area contributed by atoms with Crippen LogP contribution in [-0.2, 0) is 0 Å². The van der Waals surface area contributed by atoms with Crippen molar-refractivity contribution in [3.63, 3.8) is 0 Å². The predicted octanol–water partition coefficient (Wildman–Crippen LogP) is 2.88. The van der Waals surface area contributed by atoms with Crippen LogP contribution in [-0.4, -0.2) is 28.9 Å². The number of nitro groups is 1. The van der Waals surface area contributed by atoms with Gasteiger partial charge < -0.3 is 10.1 Å². The van der Waals surface area contributed by atoms with E-state index in [1.807, 2.05) is 0 Å². The second-order valence-electron chi connectivity index (χ2n) is 5.07. The lowest BCUT2D eigenvalue weighted by atomic mass is 9.78. The predicted molar refractivity (Wildman–Crippen MR) is 79.0 cm³/mol. The summed E-state index contributed by atoms with van der Waals surface area (Å²) in [5, 5.41) is 13.9. The van der Waals surface area contributed by atoms with Gasteiger partial charge in [0, 0.05) is 11.9 Å². The molecule has 0 aliphatic heterocycles. The van der Waals surface area contributed by atoms with Crippen molar-refractivity contribution >= 4 is 23.2 Å². The molecule has 0 spiro atoms. The van der Waals surface area contributed by atoms with E-state index in [0.717, 1.165) is 19.3 Å². The third-order valence-electron chi connectivity index (χ3n) is 3.67. The van der Waals surface area contributed by atoms with E-state index in [1.165, 1.54) is 18.2 Å². The number of hydrogen-bond acceptors (Lipinski definition) is 4. The molecular weight excluding hydrogens is 296 g/mol. The van der Waals surface area contributed by atoms with Crippen molar-refractivity contribution in [2.75, 3.05) is 12.5 Å². The van der Waals surface area contributed by atoms with Crippen molar-refractivity contribution in [3.05, 3.63) is 33.9 Å². The van der Waals surface area contributed by atoms with Gasteiger partial charge in [-0.3, -0.25) is 14.9 Å². The van der Waals surface area contributed by atoms with Gasteiger partial charge in [-0.2, -0.15) is 0 Å². The Morgan fingerprint density at radius 1 is 1.52 bits per heavy atom. The molecule has 21 heavy (non-hydrogen) atoms. The first-order valence-corrected chi connectivity index (χ1v) is 7.35.